The van der Waals surface area contributed by atoms with Crippen molar-refractivity contribution < 1.29 is 27.4 Å². The number of alkyl halides is 3. The summed E-state index contributed by atoms with van der Waals surface area (Å²) in [6.07, 6.45) is -5.22. The standard InChI is InChI=1S/C16H23F3N2O3/c1-10(20)11-6-5-7-12(16(17,18)19)13(11)23-9-8-21-14(22)24-15(2,3)4/h5-7,10H,8-9,20H2,1-4H3,(H,21,22)/t10-/m1/s1. The van der Waals surface area contributed by atoms with E-state index in [0.29, 0.717) is 0 Å². The van der Waals surface area contributed by atoms with E-state index in [2.05, 4.69) is 5.32 Å². The van der Waals surface area contributed by atoms with Gasteiger partial charge in [-0.2, -0.15) is 13.2 Å². The summed E-state index contributed by atoms with van der Waals surface area (Å²) in [5, 5.41) is 2.42. The maximum absolute atomic E-state index is 13.1. The molecule has 0 fully saturated rings. The lowest BCUT2D eigenvalue weighted by molar-refractivity contribution is -0.139. The first-order valence-electron chi connectivity index (χ1n) is 7.47. The van der Waals surface area contributed by atoms with E-state index in [4.69, 9.17) is 15.2 Å². The van der Waals surface area contributed by atoms with Crippen LogP contribution in [0.5, 0.6) is 5.75 Å². The topological polar surface area (TPSA) is 73.6 Å². The first-order valence-corrected chi connectivity index (χ1v) is 7.47. The number of amides is 1. The number of hydrogen-bond donors (Lipinski definition) is 2. The molecule has 5 nitrogen and oxygen atoms in total. The number of para-hydroxylation sites is 1. The molecular weight excluding hydrogens is 325 g/mol. The van der Waals surface area contributed by atoms with Crippen molar-refractivity contribution in [2.45, 2.75) is 45.5 Å². The zero-order valence-corrected chi connectivity index (χ0v) is 14.2. The van der Waals surface area contributed by atoms with Gasteiger partial charge in [-0.05, 0) is 33.8 Å². The van der Waals surface area contributed by atoms with Crippen molar-refractivity contribution in [1.29, 1.82) is 0 Å². The first kappa shape index (κ1) is 20.1. The zero-order valence-electron chi connectivity index (χ0n) is 14.2. The summed E-state index contributed by atoms with van der Waals surface area (Å²) >= 11 is 0. The minimum Gasteiger partial charge on any atom is -0.491 e. The van der Waals surface area contributed by atoms with E-state index < -0.39 is 29.5 Å². The molecule has 1 rings (SSSR count). The van der Waals surface area contributed by atoms with Gasteiger partial charge < -0.3 is 20.5 Å². The van der Waals surface area contributed by atoms with Crippen LogP contribution in [0, 0.1) is 0 Å². The Labute approximate surface area is 139 Å². The highest BCUT2D eigenvalue weighted by molar-refractivity contribution is 5.67. The molecule has 0 unspecified atom stereocenters. The Balaban J connectivity index is 2.75. The predicted molar refractivity (Wildman–Crippen MR) is 83.8 cm³/mol. The van der Waals surface area contributed by atoms with E-state index in [1.165, 1.54) is 12.1 Å². The van der Waals surface area contributed by atoms with Crippen molar-refractivity contribution in [3.63, 3.8) is 0 Å². The molecule has 0 aliphatic carbocycles. The van der Waals surface area contributed by atoms with Crippen LogP contribution >= 0.6 is 0 Å². The van der Waals surface area contributed by atoms with Gasteiger partial charge >= 0.3 is 12.3 Å². The molecule has 1 aromatic carbocycles. The Hall–Kier alpha value is -1.96. The van der Waals surface area contributed by atoms with Crippen molar-refractivity contribution in [2.24, 2.45) is 5.73 Å². The van der Waals surface area contributed by atoms with Crippen LogP contribution in [-0.2, 0) is 10.9 Å². The van der Waals surface area contributed by atoms with E-state index in [1.54, 1.807) is 27.7 Å². The molecule has 8 heteroatoms. The molecule has 0 bridgehead atoms. The molecule has 1 aromatic rings. The van der Waals surface area contributed by atoms with Crippen LogP contribution in [0.2, 0.25) is 0 Å². The van der Waals surface area contributed by atoms with Crippen LogP contribution in [0.3, 0.4) is 0 Å². The van der Waals surface area contributed by atoms with Gasteiger partial charge in [-0.25, -0.2) is 4.79 Å². The molecule has 3 N–H and O–H groups in total. The van der Waals surface area contributed by atoms with Gasteiger partial charge in [0.1, 0.15) is 18.0 Å². The minimum absolute atomic E-state index is 0.000499. The second kappa shape index (κ2) is 7.74. The molecular formula is C16H23F3N2O3. The van der Waals surface area contributed by atoms with E-state index >= 15 is 0 Å². The monoisotopic (exact) mass is 348 g/mol. The van der Waals surface area contributed by atoms with E-state index in [1.807, 2.05) is 0 Å². The quantitative estimate of drug-likeness (QED) is 0.797. The van der Waals surface area contributed by atoms with Crippen molar-refractivity contribution in [2.75, 3.05) is 13.2 Å². The highest BCUT2D eigenvalue weighted by Crippen LogP contribution is 2.39. The lowest BCUT2D eigenvalue weighted by Gasteiger charge is -2.21. The SMILES string of the molecule is C[C@@H](N)c1cccc(C(F)(F)F)c1OCCNC(=O)OC(C)(C)C. The fourth-order valence-corrected chi connectivity index (χ4v) is 1.92. The molecule has 24 heavy (non-hydrogen) atoms. The van der Waals surface area contributed by atoms with Crippen LogP contribution in [0.4, 0.5) is 18.0 Å². The smallest absolute Gasteiger partial charge is 0.419 e. The average Bonchev–Trinajstić information content (AvgIpc) is 2.40. The van der Waals surface area contributed by atoms with Crippen LogP contribution in [0.25, 0.3) is 0 Å². The zero-order chi connectivity index (χ0) is 18.5. The van der Waals surface area contributed by atoms with Gasteiger partial charge in [0.15, 0.2) is 0 Å². The fourth-order valence-electron chi connectivity index (χ4n) is 1.92. The van der Waals surface area contributed by atoms with Crippen molar-refractivity contribution in [3.8, 4) is 5.75 Å². The van der Waals surface area contributed by atoms with Gasteiger partial charge in [0.2, 0.25) is 0 Å². The first-order chi connectivity index (χ1) is 10.9. The van der Waals surface area contributed by atoms with Gasteiger partial charge in [-0.3, -0.25) is 0 Å². The van der Waals surface area contributed by atoms with Crippen LogP contribution < -0.4 is 15.8 Å². The van der Waals surface area contributed by atoms with Crippen LogP contribution in [-0.4, -0.2) is 24.8 Å². The number of carbonyl (C=O) groups excluding carboxylic acids is 1. The van der Waals surface area contributed by atoms with Gasteiger partial charge in [0, 0.05) is 11.6 Å². The number of halogens is 3. The molecule has 0 spiro atoms. The van der Waals surface area contributed by atoms with E-state index in [0.717, 1.165) is 6.07 Å². The third kappa shape index (κ3) is 6.27. The minimum atomic E-state index is -4.56. The number of hydrogen-bond acceptors (Lipinski definition) is 4. The molecule has 0 saturated heterocycles. The highest BCUT2D eigenvalue weighted by atomic mass is 19.4. The van der Waals surface area contributed by atoms with Gasteiger partial charge in [-0.15, -0.1) is 0 Å². The lowest BCUT2D eigenvalue weighted by atomic mass is 10.0. The molecule has 0 aliphatic rings. The van der Waals surface area contributed by atoms with Crippen molar-refractivity contribution in [3.05, 3.63) is 29.3 Å². The van der Waals surface area contributed by atoms with Gasteiger partial charge in [-0.1, -0.05) is 12.1 Å². The van der Waals surface area contributed by atoms with Gasteiger partial charge in [0.25, 0.3) is 0 Å². The number of nitrogens with two attached hydrogens (primary N) is 1. The normalized spacial score (nSPS) is 13.3. The molecule has 0 radical (unpaired) electrons. The number of nitrogens with one attached hydrogen (secondary N) is 1. The predicted octanol–water partition coefficient (Wildman–Crippen LogP) is 3.63. The Morgan fingerprint density at radius 3 is 2.42 bits per heavy atom. The summed E-state index contributed by atoms with van der Waals surface area (Å²) in [6, 6.07) is 3.08. The Morgan fingerprint density at radius 2 is 1.92 bits per heavy atom. The summed E-state index contributed by atoms with van der Waals surface area (Å²) in [4.78, 5) is 11.5. The number of carbonyl (C=O) groups is 1. The lowest BCUT2D eigenvalue weighted by Crippen LogP contribution is -2.34. The van der Waals surface area contributed by atoms with E-state index in [-0.39, 0.29) is 24.5 Å². The summed E-state index contributed by atoms with van der Waals surface area (Å²) in [5.74, 6) is -0.314. The van der Waals surface area contributed by atoms with Crippen LogP contribution in [0.1, 0.15) is 44.9 Å². The second-order valence-corrected chi connectivity index (χ2v) is 6.29. The van der Waals surface area contributed by atoms with Crippen molar-refractivity contribution in [1.82, 2.24) is 5.32 Å². The summed E-state index contributed by atoms with van der Waals surface area (Å²) in [7, 11) is 0. The van der Waals surface area contributed by atoms with Gasteiger partial charge in [0.05, 0.1) is 12.1 Å². The Kier molecular flexibility index (Phi) is 6.48. The average molecular weight is 348 g/mol. The molecule has 0 saturated carbocycles. The number of alkyl carbamates (subject to hydrolysis) is 1. The molecule has 0 heterocycles. The maximum atomic E-state index is 13.1. The third-order valence-electron chi connectivity index (χ3n) is 2.86. The molecule has 1 amide bonds. The fraction of sp³-hybridized carbons (Fsp3) is 0.562. The number of rotatable bonds is 5. The Bertz CT molecular complexity index is 567. The number of benzene rings is 1. The maximum Gasteiger partial charge on any atom is 0.419 e. The highest BCUT2D eigenvalue weighted by Gasteiger charge is 2.35. The molecule has 1 atom stereocenters. The molecule has 0 aliphatic heterocycles. The van der Waals surface area contributed by atoms with Crippen molar-refractivity contribution >= 4 is 6.09 Å². The van der Waals surface area contributed by atoms with Crippen LogP contribution in [0.15, 0.2) is 18.2 Å². The Morgan fingerprint density at radius 1 is 1.29 bits per heavy atom. The summed E-state index contributed by atoms with van der Waals surface area (Å²) in [6.45, 7) is 6.54. The second-order valence-electron chi connectivity index (χ2n) is 6.29. The largest absolute Gasteiger partial charge is 0.491 e. The third-order valence-corrected chi connectivity index (χ3v) is 2.86. The molecule has 136 valence electrons. The summed E-state index contributed by atoms with van der Waals surface area (Å²) < 4.78 is 49.6. The summed E-state index contributed by atoms with van der Waals surface area (Å²) in [5.41, 5.74) is 4.41. The van der Waals surface area contributed by atoms with E-state index in [9.17, 15) is 18.0 Å². The molecule has 0 aromatic heterocycles. The number of ether oxygens (including phenoxy) is 2.